The molecule has 3 rings (SSSR count). The van der Waals surface area contributed by atoms with E-state index < -0.39 is 6.09 Å². The monoisotopic (exact) mass is 432 g/mol. The number of amides is 2. The summed E-state index contributed by atoms with van der Waals surface area (Å²) in [5, 5.41) is 22.5. The molecule has 0 radical (unpaired) electrons. The molecule has 0 bridgehead atoms. The lowest BCUT2D eigenvalue weighted by Gasteiger charge is -2.41. The summed E-state index contributed by atoms with van der Waals surface area (Å²) in [6, 6.07) is 4.71. The number of phenolic OH excluding ortho intramolecular Hbond substituents is 1. The first-order valence-corrected chi connectivity index (χ1v) is 11.2. The Morgan fingerprint density at radius 2 is 1.84 bits per heavy atom. The van der Waals surface area contributed by atoms with Crippen molar-refractivity contribution in [3.05, 3.63) is 23.8 Å². The average molecular weight is 433 g/mol. The molecule has 1 saturated carbocycles. The lowest BCUT2D eigenvalue weighted by atomic mass is 9.67. The van der Waals surface area contributed by atoms with Crippen LogP contribution in [0.3, 0.4) is 0 Å². The zero-order chi connectivity index (χ0) is 22.8. The van der Waals surface area contributed by atoms with Gasteiger partial charge in [-0.1, -0.05) is 26.8 Å². The molecule has 1 saturated heterocycles. The van der Waals surface area contributed by atoms with Crippen LogP contribution in [0.2, 0.25) is 0 Å². The largest absolute Gasteiger partial charge is 0.504 e. The van der Waals surface area contributed by atoms with Gasteiger partial charge in [0.25, 0.3) is 0 Å². The van der Waals surface area contributed by atoms with E-state index in [1.54, 1.807) is 18.2 Å². The number of phenols is 1. The van der Waals surface area contributed by atoms with Gasteiger partial charge in [0.15, 0.2) is 11.5 Å². The molecule has 2 amide bonds. The molecule has 1 aliphatic heterocycles. The number of ether oxygens (including phenoxy) is 1. The first-order valence-electron chi connectivity index (χ1n) is 11.2. The second kappa shape index (κ2) is 9.37. The van der Waals surface area contributed by atoms with Gasteiger partial charge >= 0.3 is 6.09 Å². The maximum absolute atomic E-state index is 13.1. The quantitative estimate of drug-likeness (QED) is 0.646. The van der Waals surface area contributed by atoms with Crippen LogP contribution in [0.1, 0.15) is 58.4 Å². The number of benzene rings is 1. The third-order valence-electron chi connectivity index (χ3n) is 7.23. The highest BCUT2D eigenvalue weighted by Gasteiger charge is 2.46. The Hall–Kier alpha value is -2.44. The van der Waals surface area contributed by atoms with Crippen LogP contribution in [0.15, 0.2) is 18.2 Å². The maximum atomic E-state index is 13.1. The van der Waals surface area contributed by atoms with E-state index in [0.29, 0.717) is 31.2 Å². The zero-order valence-corrected chi connectivity index (χ0v) is 19.1. The van der Waals surface area contributed by atoms with E-state index in [2.05, 4.69) is 26.1 Å². The Kier molecular flexibility index (Phi) is 7.02. The van der Waals surface area contributed by atoms with Crippen molar-refractivity contribution in [1.82, 2.24) is 10.2 Å². The fourth-order valence-corrected chi connectivity index (χ4v) is 5.39. The Morgan fingerprint density at radius 1 is 1.16 bits per heavy atom. The number of hydrogen-bond acceptors (Lipinski definition) is 4. The van der Waals surface area contributed by atoms with Gasteiger partial charge in [0.2, 0.25) is 5.91 Å². The summed E-state index contributed by atoms with van der Waals surface area (Å²) in [4.78, 5) is 26.5. The molecule has 1 aromatic rings. The van der Waals surface area contributed by atoms with Gasteiger partial charge in [-0.25, -0.2) is 4.79 Å². The highest BCUT2D eigenvalue weighted by molar-refractivity contribution is 5.81. The minimum atomic E-state index is -0.929. The van der Waals surface area contributed by atoms with Crippen LogP contribution >= 0.6 is 0 Å². The Morgan fingerprint density at radius 3 is 2.42 bits per heavy atom. The molecule has 7 nitrogen and oxygen atoms in total. The number of nitrogens with zero attached hydrogens (tertiary/aromatic N) is 1. The summed E-state index contributed by atoms with van der Waals surface area (Å²) in [5.74, 6) is 0.849. The SMILES string of the molecule is COc1cc(CNC(=O)C2CCN(C(=O)O)C2C2CCC(C(C)(C)C)CC2)ccc1O. The van der Waals surface area contributed by atoms with E-state index in [4.69, 9.17) is 4.74 Å². The molecule has 0 spiro atoms. The highest BCUT2D eigenvalue weighted by Crippen LogP contribution is 2.44. The summed E-state index contributed by atoms with van der Waals surface area (Å²) in [7, 11) is 1.48. The molecule has 1 aromatic carbocycles. The van der Waals surface area contributed by atoms with E-state index in [1.165, 1.54) is 12.0 Å². The number of aromatic hydroxyl groups is 1. The van der Waals surface area contributed by atoms with Crippen molar-refractivity contribution >= 4 is 12.0 Å². The van der Waals surface area contributed by atoms with Crippen LogP contribution in [0, 0.1) is 23.2 Å². The van der Waals surface area contributed by atoms with E-state index >= 15 is 0 Å². The lowest BCUT2D eigenvalue weighted by Crippen LogP contribution is -2.47. The van der Waals surface area contributed by atoms with Crippen molar-refractivity contribution in [3.63, 3.8) is 0 Å². The first kappa shape index (κ1) is 23.2. The van der Waals surface area contributed by atoms with Crippen molar-refractivity contribution in [2.24, 2.45) is 23.2 Å². The standard InChI is InChI=1S/C24H36N2O5/c1-24(2,3)17-8-6-16(7-9-17)21-18(11-12-26(21)23(29)30)22(28)25-14-15-5-10-19(27)20(13-15)31-4/h5,10,13,16-18,21,27H,6-9,11-12,14H2,1-4H3,(H,25,28)(H,29,30). The summed E-state index contributed by atoms with van der Waals surface area (Å²) in [6.45, 7) is 7.52. The van der Waals surface area contributed by atoms with Crippen LogP contribution in [0.5, 0.6) is 11.5 Å². The second-order valence-corrected chi connectivity index (χ2v) is 10.1. The second-order valence-electron chi connectivity index (χ2n) is 10.1. The smallest absolute Gasteiger partial charge is 0.407 e. The number of rotatable bonds is 5. The molecular formula is C24H36N2O5. The number of carboxylic acid groups (broad SMARTS) is 1. The van der Waals surface area contributed by atoms with Crippen LogP contribution in [0.4, 0.5) is 4.79 Å². The minimum Gasteiger partial charge on any atom is -0.504 e. The number of likely N-dealkylation sites (tertiary alicyclic amines) is 1. The summed E-state index contributed by atoms with van der Waals surface area (Å²) < 4.78 is 5.13. The van der Waals surface area contributed by atoms with Crippen LogP contribution in [-0.4, -0.2) is 46.8 Å². The Balaban J connectivity index is 1.67. The fourth-order valence-electron chi connectivity index (χ4n) is 5.39. The van der Waals surface area contributed by atoms with Gasteiger partial charge in [0.1, 0.15) is 0 Å². The van der Waals surface area contributed by atoms with Gasteiger partial charge in [0, 0.05) is 19.1 Å². The van der Waals surface area contributed by atoms with Crippen molar-refractivity contribution in [2.75, 3.05) is 13.7 Å². The van der Waals surface area contributed by atoms with Crippen molar-refractivity contribution in [2.45, 2.75) is 65.5 Å². The lowest BCUT2D eigenvalue weighted by molar-refractivity contribution is -0.126. The number of methoxy groups -OCH3 is 1. The topological polar surface area (TPSA) is 99.1 Å². The summed E-state index contributed by atoms with van der Waals surface area (Å²) in [6.07, 6.45) is 3.73. The van der Waals surface area contributed by atoms with E-state index in [1.807, 2.05) is 0 Å². The highest BCUT2D eigenvalue weighted by atomic mass is 16.5. The molecule has 3 N–H and O–H groups in total. The molecule has 0 aromatic heterocycles. The predicted octanol–water partition coefficient (Wildman–Crippen LogP) is 4.24. The third kappa shape index (κ3) is 5.25. The van der Waals surface area contributed by atoms with Gasteiger partial charge in [-0.05, 0) is 67.1 Å². The normalized spacial score (nSPS) is 26.5. The number of hydrogen-bond donors (Lipinski definition) is 3. The van der Waals surface area contributed by atoms with Crippen molar-refractivity contribution in [1.29, 1.82) is 0 Å². The molecule has 2 fully saturated rings. The van der Waals surface area contributed by atoms with E-state index in [-0.39, 0.29) is 34.9 Å². The predicted molar refractivity (Wildman–Crippen MR) is 118 cm³/mol. The molecule has 172 valence electrons. The maximum Gasteiger partial charge on any atom is 0.407 e. The molecule has 31 heavy (non-hydrogen) atoms. The first-order chi connectivity index (χ1) is 14.6. The van der Waals surface area contributed by atoms with Gasteiger partial charge in [0.05, 0.1) is 13.0 Å². The van der Waals surface area contributed by atoms with Crippen LogP contribution in [-0.2, 0) is 11.3 Å². The Bertz CT molecular complexity index is 796. The zero-order valence-electron chi connectivity index (χ0n) is 19.1. The minimum absolute atomic E-state index is 0.0522. The third-order valence-corrected chi connectivity index (χ3v) is 7.23. The molecule has 7 heteroatoms. The number of carbonyl (C=O) groups excluding carboxylic acids is 1. The molecule has 2 atom stereocenters. The summed E-state index contributed by atoms with van der Waals surface area (Å²) in [5.41, 5.74) is 1.08. The molecular weight excluding hydrogens is 396 g/mol. The molecule has 2 aliphatic rings. The Labute approximate surface area is 184 Å². The van der Waals surface area contributed by atoms with E-state index in [0.717, 1.165) is 31.2 Å². The number of nitrogens with one attached hydrogen (secondary N) is 1. The number of carbonyl (C=O) groups is 2. The summed E-state index contributed by atoms with van der Waals surface area (Å²) >= 11 is 0. The van der Waals surface area contributed by atoms with Crippen LogP contribution in [0.25, 0.3) is 0 Å². The van der Waals surface area contributed by atoms with Gasteiger partial charge in [-0.15, -0.1) is 0 Å². The fraction of sp³-hybridized carbons (Fsp3) is 0.667. The van der Waals surface area contributed by atoms with Crippen LogP contribution < -0.4 is 10.1 Å². The van der Waals surface area contributed by atoms with Gasteiger partial charge < -0.3 is 25.2 Å². The molecule has 1 heterocycles. The van der Waals surface area contributed by atoms with Crippen molar-refractivity contribution in [3.8, 4) is 11.5 Å². The van der Waals surface area contributed by atoms with Gasteiger partial charge in [-0.2, -0.15) is 0 Å². The van der Waals surface area contributed by atoms with Gasteiger partial charge in [-0.3, -0.25) is 4.79 Å². The van der Waals surface area contributed by atoms with E-state index in [9.17, 15) is 19.8 Å². The van der Waals surface area contributed by atoms with Crippen molar-refractivity contribution < 1.29 is 24.5 Å². The average Bonchev–Trinajstić information content (AvgIpc) is 3.18. The molecule has 2 unspecified atom stereocenters. The molecule has 1 aliphatic carbocycles.